The summed E-state index contributed by atoms with van der Waals surface area (Å²) in [5.41, 5.74) is 1.03. The molecule has 1 atom stereocenters. The van der Waals surface area contributed by atoms with Crippen LogP contribution < -0.4 is 9.47 Å². The van der Waals surface area contributed by atoms with E-state index in [4.69, 9.17) is 9.47 Å². The standard InChI is InChI=1S/C20H22N2O5S/c1-26-16-6-8-17(9-7-16)28(24,25)22-12-10-21(11-13-22)20(23)19-14-15-4-2-3-5-18(15)27-19/h2-9,19H,10-14H2,1H3/t19-/m0/s1. The van der Waals surface area contributed by atoms with E-state index in [1.807, 2.05) is 24.3 Å². The van der Waals surface area contributed by atoms with Crippen LogP contribution in [0.4, 0.5) is 0 Å². The van der Waals surface area contributed by atoms with Gasteiger partial charge in [-0.15, -0.1) is 0 Å². The van der Waals surface area contributed by atoms with E-state index in [1.54, 1.807) is 17.0 Å². The number of hydrogen-bond donors (Lipinski definition) is 0. The summed E-state index contributed by atoms with van der Waals surface area (Å²) in [6.07, 6.45) is 0.0291. The number of carbonyl (C=O) groups excluding carboxylic acids is 1. The second-order valence-electron chi connectivity index (χ2n) is 6.82. The minimum absolute atomic E-state index is 0.0855. The van der Waals surface area contributed by atoms with Crippen LogP contribution in [0.15, 0.2) is 53.4 Å². The number of hydrogen-bond acceptors (Lipinski definition) is 5. The highest BCUT2D eigenvalue weighted by molar-refractivity contribution is 7.89. The zero-order valence-electron chi connectivity index (χ0n) is 15.6. The third kappa shape index (κ3) is 3.45. The van der Waals surface area contributed by atoms with Crippen molar-refractivity contribution in [2.75, 3.05) is 33.3 Å². The predicted octanol–water partition coefficient (Wildman–Crippen LogP) is 1.53. The van der Waals surface area contributed by atoms with Crippen molar-refractivity contribution < 1.29 is 22.7 Å². The number of para-hydroxylation sites is 1. The molecule has 8 heteroatoms. The number of nitrogens with zero attached hydrogens (tertiary/aromatic N) is 2. The molecule has 2 aromatic rings. The molecule has 2 aliphatic heterocycles. The Kier molecular flexibility index (Phi) is 4.99. The van der Waals surface area contributed by atoms with E-state index in [1.165, 1.54) is 23.5 Å². The molecule has 28 heavy (non-hydrogen) atoms. The van der Waals surface area contributed by atoms with Crippen LogP contribution in [0, 0.1) is 0 Å². The van der Waals surface area contributed by atoms with Gasteiger partial charge in [-0.1, -0.05) is 18.2 Å². The molecular weight excluding hydrogens is 380 g/mol. The minimum atomic E-state index is -3.59. The first kappa shape index (κ1) is 18.8. The number of fused-ring (bicyclic) bond motifs is 1. The molecule has 4 rings (SSSR count). The molecule has 0 spiro atoms. The summed E-state index contributed by atoms with van der Waals surface area (Å²) in [6, 6.07) is 14.0. The van der Waals surface area contributed by atoms with Gasteiger partial charge in [0, 0.05) is 32.6 Å². The van der Waals surface area contributed by atoms with E-state index < -0.39 is 16.1 Å². The van der Waals surface area contributed by atoms with Gasteiger partial charge in [-0.05, 0) is 35.9 Å². The Balaban J connectivity index is 1.38. The number of methoxy groups -OCH3 is 1. The second-order valence-corrected chi connectivity index (χ2v) is 8.76. The van der Waals surface area contributed by atoms with Crippen molar-refractivity contribution in [3.63, 3.8) is 0 Å². The third-order valence-electron chi connectivity index (χ3n) is 5.17. The third-order valence-corrected chi connectivity index (χ3v) is 7.08. The molecule has 2 heterocycles. The van der Waals surface area contributed by atoms with E-state index in [2.05, 4.69) is 0 Å². The maximum absolute atomic E-state index is 12.8. The van der Waals surface area contributed by atoms with Gasteiger partial charge in [-0.25, -0.2) is 8.42 Å². The Morgan fingerprint density at radius 3 is 2.36 bits per heavy atom. The highest BCUT2D eigenvalue weighted by Crippen LogP contribution is 2.29. The van der Waals surface area contributed by atoms with Gasteiger partial charge in [0.25, 0.3) is 5.91 Å². The summed E-state index contributed by atoms with van der Waals surface area (Å²) in [6.45, 7) is 1.23. The lowest BCUT2D eigenvalue weighted by molar-refractivity contribution is -0.139. The van der Waals surface area contributed by atoms with E-state index in [-0.39, 0.29) is 23.9 Å². The van der Waals surface area contributed by atoms with Crippen molar-refractivity contribution in [2.24, 2.45) is 0 Å². The molecule has 0 bridgehead atoms. The van der Waals surface area contributed by atoms with Gasteiger partial charge in [-0.3, -0.25) is 4.79 Å². The van der Waals surface area contributed by atoms with Crippen molar-refractivity contribution >= 4 is 15.9 Å². The zero-order valence-corrected chi connectivity index (χ0v) is 16.4. The Morgan fingerprint density at radius 1 is 1.04 bits per heavy atom. The summed E-state index contributed by atoms with van der Waals surface area (Å²) in [7, 11) is -2.06. The highest BCUT2D eigenvalue weighted by atomic mass is 32.2. The molecule has 1 amide bonds. The SMILES string of the molecule is COc1ccc(S(=O)(=O)N2CCN(C(=O)[C@@H]3Cc4ccccc4O3)CC2)cc1. The fourth-order valence-corrected chi connectivity index (χ4v) is 4.99. The maximum atomic E-state index is 12.8. The number of ether oxygens (including phenoxy) is 2. The Morgan fingerprint density at radius 2 is 1.71 bits per heavy atom. The van der Waals surface area contributed by atoms with Crippen LogP contribution >= 0.6 is 0 Å². The molecule has 148 valence electrons. The molecular formula is C20H22N2O5S. The Bertz CT molecular complexity index is 941. The average Bonchev–Trinajstić information content (AvgIpc) is 3.17. The number of benzene rings is 2. The summed E-state index contributed by atoms with van der Waals surface area (Å²) in [5.74, 6) is 1.27. The molecule has 0 aliphatic carbocycles. The molecule has 1 fully saturated rings. The van der Waals surface area contributed by atoms with Gasteiger partial charge in [0.1, 0.15) is 11.5 Å². The van der Waals surface area contributed by atoms with Crippen molar-refractivity contribution in [2.45, 2.75) is 17.4 Å². The minimum Gasteiger partial charge on any atom is -0.497 e. The van der Waals surface area contributed by atoms with Crippen LogP contribution in [0.3, 0.4) is 0 Å². The topological polar surface area (TPSA) is 76.2 Å². The maximum Gasteiger partial charge on any atom is 0.264 e. The lowest BCUT2D eigenvalue weighted by atomic mass is 10.1. The van der Waals surface area contributed by atoms with E-state index in [0.717, 1.165) is 11.3 Å². The van der Waals surface area contributed by atoms with Crippen LogP contribution in [0.2, 0.25) is 0 Å². The molecule has 0 unspecified atom stereocenters. The fraction of sp³-hybridized carbons (Fsp3) is 0.350. The molecule has 2 aliphatic rings. The second kappa shape index (κ2) is 7.44. The molecule has 0 saturated carbocycles. The van der Waals surface area contributed by atoms with E-state index >= 15 is 0 Å². The van der Waals surface area contributed by atoms with Gasteiger partial charge in [-0.2, -0.15) is 4.31 Å². The van der Waals surface area contributed by atoms with Gasteiger partial charge in [0.05, 0.1) is 12.0 Å². The molecule has 0 aromatic heterocycles. The zero-order chi connectivity index (χ0) is 19.7. The fourth-order valence-electron chi connectivity index (χ4n) is 3.57. The van der Waals surface area contributed by atoms with Crippen LogP contribution in [0.5, 0.6) is 11.5 Å². The van der Waals surface area contributed by atoms with Crippen LogP contribution in [-0.4, -0.2) is 62.9 Å². The van der Waals surface area contributed by atoms with E-state index in [9.17, 15) is 13.2 Å². The van der Waals surface area contributed by atoms with Crippen molar-refractivity contribution in [3.05, 3.63) is 54.1 Å². The summed E-state index contributed by atoms with van der Waals surface area (Å²) < 4.78 is 37.9. The molecule has 1 saturated heterocycles. The normalized spacial score (nSPS) is 19.8. The molecule has 0 radical (unpaired) electrons. The summed E-state index contributed by atoms with van der Waals surface area (Å²) in [5, 5.41) is 0. The number of sulfonamides is 1. The quantitative estimate of drug-likeness (QED) is 0.775. The van der Waals surface area contributed by atoms with Gasteiger partial charge in [0.2, 0.25) is 10.0 Å². The first-order valence-corrected chi connectivity index (χ1v) is 10.6. The molecule has 7 nitrogen and oxygen atoms in total. The Labute approximate surface area is 164 Å². The van der Waals surface area contributed by atoms with Gasteiger partial charge in [0.15, 0.2) is 6.10 Å². The first-order valence-electron chi connectivity index (χ1n) is 9.16. The molecule has 2 aromatic carbocycles. The molecule has 0 N–H and O–H groups in total. The number of carbonyl (C=O) groups is 1. The lowest BCUT2D eigenvalue weighted by Gasteiger charge is -2.35. The van der Waals surface area contributed by atoms with Gasteiger partial charge >= 0.3 is 0 Å². The number of amides is 1. The summed E-state index contributed by atoms with van der Waals surface area (Å²) >= 11 is 0. The highest BCUT2D eigenvalue weighted by Gasteiger charge is 2.35. The van der Waals surface area contributed by atoms with Crippen molar-refractivity contribution in [3.8, 4) is 11.5 Å². The van der Waals surface area contributed by atoms with Crippen LogP contribution in [-0.2, 0) is 21.2 Å². The van der Waals surface area contributed by atoms with Crippen molar-refractivity contribution in [1.29, 1.82) is 0 Å². The lowest BCUT2D eigenvalue weighted by Crippen LogP contribution is -2.53. The smallest absolute Gasteiger partial charge is 0.264 e. The first-order chi connectivity index (χ1) is 13.5. The largest absolute Gasteiger partial charge is 0.497 e. The van der Waals surface area contributed by atoms with E-state index in [0.29, 0.717) is 25.3 Å². The van der Waals surface area contributed by atoms with Gasteiger partial charge < -0.3 is 14.4 Å². The monoisotopic (exact) mass is 402 g/mol. The van der Waals surface area contributed by atoms with Crippen molar-refractivity contribution in [1.82, 2.24) is 9.21 Å². The Hall–Kier alpha value is -2.58. The van der Waals surface area contributed by atoms with Crippen LogP contribution in [0.25, 0.3) is 0 Å². The predicted molar refractivity (Wildman–Crippen MR) is 103 cm³/mol. The average molecular weight is 402 g/mol. The van der Waals surface area contributed by atoms with Crippen LogP contribution in [0.1, 0.15) is 5.56 Å². The number of rotatable bonds is 4. The summed E-state index contributed by atoms with van der Waals surface area (Å²) in [4.78, 5) is 14.7. The number of piperazine rings is 1.